The molecule has 0 radical (unpaired) electrons. The molecule has 1 aromatic rings. The second kappa shape index (κ2) is 8.51. The summed E-state index contributed by atoms with van der Waals surface area (Å²) in [6.45, 7) is 2.61. The summed E-state index contributed by atoms with van der Waals surface area (Å²) in [5.74, 6) is 0.225. The van der Waals surface area contributed by atoms with Crippen molar-refractivity contribution in [2.75, 3.05) is 26.7 Å². The monoisotopic (exact) mass is 436 g/mol. The summed E-state index contributed by atoms with van der Waals surface area (Å²) in [6.07, 6.45) is 9.17. The number of aliphatic hydroxyl groups is 2. The Kier molecular flexibility index (Phi) is 6.30. The van der Waals surface area contributed by atoms with Gasteiger partial charge in [-0.3, -0.25) is 0 Å². The largest absolute Gasteiger partial charge is 0.390 e. The number of fused-ring (bicyclic) bond motifs is 2. The van der Waals surface area contributed by atoms with Gasteiger partial charge in [-0.25, -0.2) is 13.1 Å². The predicted molar refractivity (Wildman–Crippen MR) is 117 cm³/mol. The third-order valence-corrected chi connectivity index (χ3v) is 9.25. The highest BCUT2D eigenvalue weighted by molar-refractivity contribution is 7.89. The van der Waals surface area contributed by atoms with Gasteiger partial charge in [0.05, 0.1) is 16.1 Å². The van der Waals surface area contributed by atoms with Crippen molar-refractivity contribution in [2.24, 2.45) is 11.8 Å². The van der Waals surface area contributed by atoms with E-state index < -0.39 is 21.2 Å². The smallest absolute Gasteiger partial charge is 0.240 e. The number of hydrogen-bond donors (Lipinski definition) is 3. The van der Waals surface area contributed by atoms with Crippen LogP contribution in [-0.4, -0.2) is 55.8 Å². The number of piperidine rings is 1. The quantitative estimate of drug-likeness (QED) is 0.611. The summed E-state index contributed by atoms with van der Waals surface area (Å²) in [7, 11) is -2.13. The van der Waals surface area contributed by atoms with Gasteiger partial charge in [0.25, 0.3) is 0 Å². The van der Waals surface area contributed by atoms with E-state index in [0.717, 1.165) is 76.6 Å². The van der Waals surface area contributed by atoms with Crippen LogP contribution >= 0.6 is 0 Å². The van der Waals surface area contributed by atoms with E-state index in [0.29, 0.717) is 0 Å². The number of benzene rings is 1. The molecule has 7 heteroatoms. The van der Waals surface area contributed by atoms with Crippen LogP contribution in [-0.2, 0) is 15.6 Å². The number of nitrogens with one attached hydrogen (secondary N) is 1. The first-order chi connectivity index (χ1) is 14.3. The van der Waals surface area contributed by atoms with Gasteiger partial charge in [-0.1, -0.05) is 31.4 Å². The Morgan fingerprint density at radius 1 is 1.10 bits per heavy atom. The van der Waals surface area contributed by atoms with E-state index in [1.807, 2.05) is 6.07 Å². The molecule has 2 atom stereocenters. The van der Waals surface area contributed by atoms with Crippen LogP contribution in [0.25, 0.3) is 0 Å². The zero-order chi connectivity index (χ0) is 21.4. The third-order valence-electron chi connectivity index (χ3n) is 7.84. The van der Waals surface area contributed by atoms with Crippen LogP contribution in [0.1, 0.15) is 63.4 Å². The number of sulfonamides is 1. The number of likely N-dealkylation sites (tertiary alicyclic amines) is 1. The van der Waals surface area contributed by atoms with Crippen LogP contribution in [0.3, 0.4) is 0 Å². The van der Waals surface area contributed by atoms with Crippen LogP contribution in [0.5, 0.6) is 0 Å². The van der Waals surface area contributed by atoms with E-state index in [4.69, 9.17) is 0 Å². The highest BCUT2D eigenvalue weighted by atomic mass is 32.2. The van der Waals surface area contributed by atoms with Gasteiger partial charge in [0, 0.05) is 24.9 Å². The molecule has 2 saturated carbocycles. The zero-order valence-corrected chi connectivity index (χ0v) is 18.8. The molecule has 3 N–H and O–H groups in total. The lowest BCUT2D eigenvalue weighted by Gasteiger charge is -2.45. The minimum absolute atomic E-state index is 0.113. The number of nitrogens with zero attached hydrogens (tertiary/aromatic N) is 1. The van der Waals surface area contributed by atoms with Crippen LogP contribution in [0.2, 0.25) is 0 Å². The van der Waals surface area contributed by atoms with Gasteiger partial charge in [0.15, 0.2) is 0 Å². The molecule has 2 aliphatic carbocycles. The standard InChI is InChI=1S/C23H36N2O4S/c1-24-30(28,29)21-8-5-7-18(15-21)23(27)19-9-10-20(23)17-25(16-19)14-6-13-22(26)11-3-2-4-12-22/h5,7-8,15,19-20,24,26-27H,2-4,6,9-14,16-17H2,1H3. The van der Waals surface area contributed by atoms with Crippen molar-refractivity contribution in [1.82, 2.24) is 9.62 Å². The lowest BCUT2D eigenvalue weighted by Crippen LogP contribution is -2.52. The molecule has 1 aromatic carbocycles. The fourth-order valence-electron chi connectivity index (χ4n) is 6.11. The number of rotatable bonds is 7. The maximum absolute atomic E-state index is 12.2. The molecule has 1 saturated heterocycles. The molecule has 3 aliphatic rings. The van der Waals surface area contributed by atoms with Crippen LogP contribution in [0.15, 0.2) is 29.2 Å². The Morgan fingerprint density at radius 3 is 2.40 bits per heavy atom. The molecule has 0 spiro atoms. The van der Waals surface area contributed by atoms with Gasteiger partial charge in [0.2, 0.25) is 10.0 Å². The Bertz CT molecular complexity index is 837. The van der Waals surface area contributed by atoms with E-state index in [-0.39, 0.29) is 16.7 Å². The summed E-state index contributed by atoms with van der Waals surface area (Å²) < 4.78 is 26.8. The topological polar surface area (TPSA) is 89.9 Å². The Labute approximate surface area is 180 Å². The highest BCUT2D eigenvalue weighted by Crippen LogP contribution is 2.51. The van der Waals surface area contributed by atoms with E-state index in [9.17, 15) is 18.6 Å². The molecule has 0 aromatic heterocycles. The summed E-state index contributed by atoms with van der Waals surface area (Å²) in [5.41, 5.74) is -0.702. The summed E-state index contributed by atoms with van der Waals surface area (Å²) in [4.78, 5) is 2.65. The first-order valence-corrected chi connectivity index (χ1v) is 13.0. The zero-order valence-electron chi connectivity index (χ0n) is 18.0. The van der Waals surface area contributed by atoms with Crippen molar-refractivity contribution in [3.63, 3.8) is 0 Å². The van der Waals surface area contributed by atoms with Gasteiger partial charge in [-0.2, -0.15) is 0 Å². The minimum Gasteiger partial charge on any atom is -0.390 e. The van der Waals surface area contributed by atoms with Gasteiger partial charge >= 0.3 is 0 Å². The van der Waals surface area contributed by atoms with E-state index in [1.54, 1.807) is 18.2 Å². The molecule has 2 unspecified atom stereocenters. The second-order valence-corrected chi connectivity index (χ2v) is 11.6. The van der Waals surface area contributed by atoms with Crippen molar-refractivity contribution in [3.8, 4) is 0 Å². The summed E-state index contributed by atoms with van der Waals surface area (Å²) in [5, 5.41) is 22.5. The fourth-order valence-corrected chi connectivity index (χ4v) is 6.89. The average Bonchev–Trinajstić information content (AvgIpc) is 2.91. The molecule has 3 fully saturated rings. The minimum atomic E-state index is -3.54. The number of hydrogen-bond acceptors (Lipinski definition) is 5. The molecule has 1 heterocycles. The second-order valence-electron chi connectivity index (χ2n) is 9.68. The van der Waals surface area contributed by atoms with E-state index in [2.05, 4.69) is 9.62 Å². The molecule has 30 heavy (non-hydrogen) atoms. The maximum atomic E-state index is 12.2. The van der Waals surface area contributed by atoms with Crippen molar-refractivity contribution < 1.29 is 18.6 Å². The van der Waals surface area contributed by atoms with Crippen LogP contribution in [0, 0.1) is 11.8 Å². The highest BCUT2D eigenvalue weighted by Gasteiger charge is 2.53. The van der Waals surface area contributed by atoms with Gasteiger partial charge in [-0.15, -0.1) is 0 Å². The van der Waals surface area contributed by atoms with Gasteiger partial charge in [0.1, 0.15) is 0 Å². The molecule has 6 nitrogen and oxygen atoms in total. The van der Waals surface area contributed by atoms with Crippen molar-refractivity contribution in [2.45, 2.75) is 73.9 Å². The van der Waals surface area contributed by atoms with Gasteiger partial charge in [-0.05, 0) is 69.8 Å². The normalized spacial score (nSPS) is 31.7. The molecular formula is C23H36N2O4S. The first-order valence-electron chi connectivity index (χ1n) is 11.5. The van der Waals surface area contributed by atoms with Crippen molar-refractivity contribution in [1.29, 1.82) is 0 Å². The third kappa shape index (κ3) is 4.19. The fraction of sp³-hybridized carbons (Fsp3) is 0.739. The van der Waals surface area contributed by atoms with Crippen molar-refractivity contribution in [3.05, 3.63) is 29.8 Å². The van der Waals surface area contributed by atoms with E-state index in [1.165, 1.54) is 13.5 Å². The van der Waals surface area contributed by atoms with Crippen molar-refractivity contribution >= 4 is 10.0 Å². The summed E-state index contributed by atoms with van der Waals surface area (Å²) >= 11 is 0. The van der Waals surface area contributed by atoms with E-state index >= 15 is 0 Å². The first kappa shape index (κ1) is 22.2. The Balaban J connectivity index is 1.42. The maximum Gasteiger partial charge on any atom is 0.240 e. The Morgan fingerprint density at radius 2 is 1.77 bits per heavy atom. The van der Waals surface area contributed by atoms with Crippen LogP contribution < -0.4 is 4.72 Å². The summed E-state index contributed by atoms with van der Waals surface area (Å²) in [6, 6.07) is 6.82. The average molecular weight is 437 g/mol. The molecule has 2 bridgehead atoms. The molecular weight excluding hydrogens is 400 g/mol. The Hall–Kier alpha value is -0.990. The van der Waals surface area contributed by atoms with Crippen LogP contribution in [0.4, 0.5) is 0 Å². The molecule has 4 rings (SSSR count). The van der Waals surface area contributed by atoms with Gasteiger partial charge < -0.3 is 15.1 Å². The SMILES string of the molecule is CNS(=O)(=O)c1cccc(C2(O)C3CCC2CN(CCCC2(O)CCCCC2)C3)c1. The molecule has 0 amide bonds. The lowest BCUT2D eigenvalue weighted by atomic mass is 9.75. The predicted octanol–water partition coefficient (Wildman–Crippen LogP) is 2.60. The molecule has 1 aliphatic heterocycles. The lowest BCUT2D eigenvalue weighted by molar-refractivity contribution is -0.0912. The molecule has 168 valence electrons.